The normalized spacial score (nSPS) is 10.8. The second-order valence-electron chi connectivity index (χ2n) is 2.62. The van der Waals surface area contributed by atoms with Gasteiger partial charge in [0.2, 0.25) is 0 Å². The maximum absolute atomic E-state index is 11.9. The number of hydrogen-bond acceptors (Lipinski definition) is 2. The van der Waals surface area contributed by atoms with E-state index in [0.29, 0.717) is 5.56 Å². The summed E-state index contributed by atoms with van der Waals surface area (Å²) in [6.45, 7) is -0.337. The van der Waals surface area contributed by atoms with Gasteiger partial charge in [-0.1, -0.05) is 6.07 Å². The van der Waals surface area contributed by atoms with E-state index >= 15 is 0 Å². The zero-order chi connectivity index (χ0) is 9.84. The van der Waals surface area contributed by atoms with E-state index in [4.69, 9.17) is 5.73 Å². The van der Waals surface area contributed by atoms with Crippen LogP contribution in [-0.2, 0) is 13.1 Å². The van der Waals surface area contributed by atoms with Crippen LogP contribution in [0.1, 0.15) is 5.56 Å². The minimum absolute atomic E-state index is 0.240. The smallest absolute Gasteiger partial charge is 0.256 e. The second-order valence-corrected chi connectivity index (χ2v) is 2.62. The van der Waals surface area contributed by atoms with Crippen molar-refractivity contribution in [3.05, 3.63) is 34.2 Å². The van der Waals surface area contributed by atoms with Crippen LogP contribution < -0.4 is 11.3 Å². The molecule has 0 aliphatic rings. The fraction of sp³-hybridized carbons (Fsp3) is 0.375. The lowest BCUT2D eigenvalue weighted by Gasteiger charge is -2.05. The average Bonchev–Trinajstić information content (AvgIpc) is 2.08. The van der Waals surface area contributed by atoms with Crippen LogP contribution in [0, 0.1) is 0 Å². The van der Waals surface area contributed by atoms with Crippen molar-refractivity contribution in [1.82, 2.24) is 4.57 Å². The van der Waals surface area contributed by atoms with Gasteiger partial charge in [-0.05, 0) is 5.56 Å². The van der Waals surface area contributed by atoms with Crippen molar-refractivity contribution < 1.29 is 8.78 Å². The van der Waals surface area contributed by atoms with Gasteiger partial charge in [0.15, 0.2) is 0 Å². The zero-order valence-electron chi connectivity index (χ0n) is 6.91. The fourth-order valence-electron chi connectivity index (χ4n) is 0.993. The third-order valence-electron chi connectivity index (χ3n) is 1.62. The number of pyridine rings is 1. The first-order chi connectivity index (χ1) is 6.13. The van der Waals surface area contributed by atoms with Crippen molar-refractivity contribution in [2.24, 2.45) is 5.73 Å². The summed E-state index contributed by atoms with van der Waals surface area (Å²) < 4.78 is 24.9. The molecule has 5 heteroatoms. The number of aromatic nitrogens is 1. The molecule has 0 radical (unpaired) electrons. The van der Waals surface area contributed by atoms with Gasteiger partial charge >= 0.3 is 0 Å². The van der Waals surface area contributed by atoms with Crippen molar-refractivity contribution in [2.75, 3.05) is 0 Å². The van der Waals surface area contributed by atoms with E-state index < -0.39 is 18.5 Å². The van der Waals surface area contributed by atoms with Gasteiger partial charge in [-0.25, -0.2) is 8.78 Å². The third-order valence-corrected chi connectivity index (χ3v) is 1.62. The summed E-state index contributed by atoms with van der Waals surface area (Å²) in [6.07, 6.45) is -1.17. The molecular formula is C8H10F2N2O. The molecule has 2 N–H and O–H groups in total. The Morgan fingerprint density at radius 1 is 1.46 bits per heavy atom. The highest BCUT2D eigenvalue weighted by Crippen LogP contribution is 1.98. The van der Waals surface area contributed by atoms with Crippen molar-refractivity contribution in [1.29, 1.82) is 0 Å². The number of nitrogens with zero attached hydrogens (tertiary/aromatic N) is 1. The zero-order valence-corrected chi connectivity index (χ0v) is 6.91. The van der Waals surface area contributed by atoms with Gasteiger partial charge in [-0.3, -0.25) is 4.79 Å². The van der Waals surface area contributed by atoms with Gasteiger partial charge in [-0.2, -0.15) is 0 Å². The van der Waals surface area contributed by atoms with Crippen LogP contribution in [-0.4, -0.2) is 11.0 Å². The average molecular weight is 188 g/mol. The summed E-state index contributed by atoms with van der Waals surface area (Å²) in [4.78, 5) is 11.0. The quantitative estimate of drug-likeness (QED) is 0.753. The topological polar surface area (TPSA) is 48.0 Å². The van der Waals surface area contributed by atoms with E-state index in [0.717, 1.165) is 4.57 Å². The van der Waals surface area contributed by atoms with Crippen molar-refractivity contribution in [2.45, 2.75) is 19.5 Å². The molecular weight excluding hydrogens is 178 g/mol. The first-order valence-electron chi connectivity index (χ1n) is 3.81. The lowest BCUT2D eigenvalue weighted by Crippen LogP contribution is -2.22. The molecule has 0 fully saturated rings. The standard InChI is InChI=1S/C8H10F2N2O/c9-7(10)5-12-4-6(3-11)1-2-8(12)13/h1-2,4,7H,3,5,11H2. The van der Waals surface area contributed by atoms with Gasteiger partial charge in [0, 0.05) is 18.8 Å². The Labute approximate surface area is 73.8 Å². The molecule has 1 aromatic heterocycles. The summed E-state index contributed by atoms with van der Waals surface area (Å²) in [6, 6.07) is 2.77. The molecule has 3 nitrogen and oxygen atoms in total. The van der Waals surface area contributed by atoms with Crippen LogP contribution in [0.3, 0.4) is 0 Å². The van der Waals surface area contributed by atoms with Gasteiger partial charge in [0.1, 0.15) is 0 Å². The number of hydrogen-bond donors (Lipinski definition) is 1. The highest BCUT2D eigenvalue weighted by atomic mass is 19.3. The number of nitrogens with two attached hydrogens (primary N) is 1. The highest BCUT2D eigenvalue weighted by Gasteiger charge is 2.05. The predicted molar refractivity (Wildman–Crippen MR) is 44.6 cm³/mol. The Hall–Kier alpha value is -1.23. The lowest BCUT2D eigenvalue weighted by atomic mass is 10.3. The molecule has 0 amide bonds. The van der Waals surface area contributed by atoms with E-state index in [-0.39, 0.29) is 6.54 Å². The molecule has 1 aromatic rings. The van der Waals surface area contributed by atoms with E-state index in [1.165, 1.54) is 18.3 Å². The van der Waals surface area contributed by atoms with Gasteiger partial charge in [-0.15, -0.1) is 0 Å². The first-order valence-corrected chi connectivity index (χ1v) is 3.81. The van der Waals surface area contributed by atoms with Crippen LogP contribution in [0.15, 0.2) is 23.1 Å². The second kappa shape index (κ2) is 4.13. The predicted octanol–water partition coefficient (Wildman–Crippen LogP) is 0.572. The summed E-state index contributed by atoms with van der Waals surface area (Å²) in [7, 11) is 0. The van der Waals surface area contributed by atoms with E-state index in [1.54, 1.807) is 0 Å². The van der Waals surface area contributed by atoms with Gasteiger partial charge in [0.25, 0.3) is 12.0 Å². The summed E-state index contributed by atoms with van der Waals surface area (Å²) >= 11 is 0. The Morgan fingerprint density at radius 3 is 2.69 bits per heavy atom. The molecule has 0 saturated carbocycles. The number of halogens is 2. The van der Waals surface area contributed by atoms with E-state index in [1.807, 2.05) is 0 Å². The molecule has 13 heavy (non-hydrogen) atoms. The molecule has 0 aliphatic carbocycles. The van der Waals surface area contributed by atoms with Gasteiger partial charge < -0.3 is 10.3 Å². The van der Waals surface area contributed by atoms with Crippen molar-refractivity contribution in [3.8, 4) is 0 Å². The van der Waals surface area contributed by atoms with Crippen LogP contribution in [0.2, 0.25) is 0 Å². The monoisotopic (exact) mass is 188 g/mol. The molecule has 1 rings (SSSR count). The van der Waals surface area contributed by atoms with Crippen LogP contribution in [0.25, 0.3) is 0 Å². The first kappa shape index (κ1) is 9.85. The maximum Gasteiger partial charge on any atom is 0.256 e. The lowest BCUT2D eigenvalue weighted by molar-refractivity contribution is 0.125. The van der Waals surface area contributed by atoms with Crippen molar-refractivity contribution in [3.63, 3.8) is 0 Å². The Bertz CT molecular complexity index is 335. The highest BCUT2D eigenvalue weighted by molar-refractivity contribution is 5.09. The molecule has 1 heterocycles. The Morgan fingerprint density at radius 2 is 2.15 bits per heavy atom. The molecule has 0 unspecified atom stereocenters. The van der Waals surface area contributed by atoms with E-state index in [9.17, 15) is 13.6 Å². The van der Waals surface area contributed by atoms with Crippen LogP contribution >= 0.6 is 0 Å². The molecule has 0 saturated heterocycles. The molecule has 0 bridgehead atoms. The number of rotatable bonds is 3. The molecule has 0 aromatic carbocycles. The van der Waals surface area contributed by atoms with Crippen molar-refractivity contribution >= 4 is 0 Å². The largest absolute Gasteiger partial charge is 0.326 e. The molecule has 0 spiro atoms. The van der Waals surface area contributed by atoms with Crippen LogP contribution in [0.5, 0.6) is 0 Å². The SMILES string of the molecule is NCc1ccc(=O)n(CC(F)F)c1. The molecule has 0 aliphatic heterocycles. The fourth-order valence-corrected chi connectivity index (χ4v) is 0.993. The molecule has 72 valence electrons. The Balaban J connectivity index is 2.97. The third kappa shape index (κ3) is 2.62. The minimum atomic E-state index is -2.52. The van der Waals surface area contributed by atoms with E-state index in [2.05, 4.69) is 0 Å². The Kier molecular flexibility index (Phi) is 3.13. The summed E-state index contributed by atoms with van der Waals surface area (Å²) in [5.41, 5.74) is 5.53. The molecule has 0 atom stereocenters. The summed E-state index contributed by atoms with van der Waals surface area (Å²) in [5.74, 6) is 0. The summed E-state index contributed by atoms with van der Waals surface area (Å²) in [5, 5.41) is 0. The van der Waals surface area contributed by atoms with Crippen LogP contribution in [0.4, 0.5) is 8.78 Å². The minimum Gasteiger partial charge on any atom is -0.326 e. The maximum atomic E-state index is 11.9. The van der Waals surface area contributed by atoms with Gasteiger partial charge in [0.05, 0.1) is 6.54 Å². The number of alkyl halides is 2.